The molecule has 0 saturated heterocycles. The summed E-state index contributed by atoms with van der Waals surface area (Å²) in [5.74, 6) is 6.33. The van der Waals surface area contributed by atoms with E-state index in [9.17, 15) is 5.11 Å². The van der Waals surface area contributed by atoms with Gasteiger partial charge in [-0.2, -0.15) is 0 Å². The first-order valence-electron chi connectivity index (χ1n) is 1.43. The number of rotatable bonds is 0. The van der Waals surface area contributed by atoms with Crippen LogP contribution in [0.15, 0.2) is 0 Å². The van der Waals surface area contributed by atoms with Gasteiger partial charge in [0.2, 0.25) is 0 Å². The molecule has 6 heavy (non-hydrogen) atoms. The maximum Gasteiger partial charge on any atom is 0.144 e. The van der Waals surface area contributed by atoms with Gasteiger partial charge in [0.05, 0.1) is 0 Å². The van der Waals surface area contributed by atoms with Gasteiger partial charge in [0.25, 0.3) is 0 Å². The fourth-order valence-corrected chi connectivity index (χ4v) is 0.0871. The smallest absolute Gasteiger partial charge is 0.144 e. The quantitative estimate of drug-likeness (QED) is 0.366. The summed E-state index contributed by atoms with van der Waals surface area (Å²) in [7, 11) is 0. The van der Waals surface area contributed by atoms with Gasteiger partial charge in [-0.1, -0.05) is 5.92 Å². The molecule has 1 heteroatoms. The van der Waals surface area contributed by atoms with Crippen LogP contribution in [0.1, 0.15) is 0 Å². The second kappa shape index (κ2) is 4.08. The molecule has 0 saturated carbocycles. The van der Waals surface area contributed by atoms with E-state index in [2.05, 4.69) is 18.3 Å². The van der Waals surface area contributed by atoms with Crippen LogP contribution < -0.4 is 0 Å². The molecular formula is C5H3O. The van der Waals surface area contributed by atoms with E-state index >= 15 is 0 Å². The molecule has 0 aromatic rings. The lowest BCUT2D eigenvalue weighted by Crippen LogP contribution is -1.64. The van der Waals surface area contributed by atoms with E-state index in [-0.39, 0.29) is 0 Å². The van der Waals surface area contributed by atoms with Crippen LogP contribution in [-0.2, 0) is 5.11 Å². The summed E-state index contributed by atoms with van der Waals surface area (Å²) < 4.78 is 0. The van der Waals surface area contributed by atoms with Crippen molar-refractivity contribution in [1.29, 1.82) is 0 Å². The molecule has 0 N–H and O–H groups in total. The molecule has 0 bridgehead atoms. The minimum atomic E-state index is -0.399. The van der Waals surface area contributed by atoms with E-state index in [0.29, 0.717) is 0 Å². The third-order valence-corrected chi connectivity index (χ3v) is 0.233. The Balaban J connectivity index is 3.22. The Kier molecular flexibility index (Phi) is 3.45. The van der Waals surface area contributed by atoms with Gasteiger partial charge >= 0.3 is 0 Å². The van der Waals surface area contributed by atoms with Gasteiger partial charge < -0.3 is 0 Å². The van der Waals surface area contributed by atoms with Crippen LogP contribution in [0.3, 0.4) is 0 Å². The molecule has 0 aliphatic rings. The van der Waals surface area contributed by atoms with Crippen LogP contribution in [-0.4, -0.2) is 6.61 Å². The van der Waals surface area contributed by atoms with Crippen molar-refractivity contribution in [3.8, 4) is 24.2 Å². The molecule has 0 atom stereocenters. The summed E-state index contributed by atoms with van der Waals surface area (Å²) in [6.07, 6.45) is 4.65. The van der Waals surface area contributed by atoms with Gasteiger partial charge in [0.1, 0.15) is 6.61 Å². The molecule has 29 valence electrons. The monoisotopic (exact) mass is 79.0 g/mol. The molecule has 1 radical (unpaired) electrons. The fourth-order valence-electron chi connectivity index (χ4n) is 0.0871. The molecular weight excluding hydrogens is 76.1 g/mol. The van der Waals surface area contributed by atoms with Crippen molar-refractivity contribution in [2.24, 2.45) is 0 Å². The summed E-state index contributed by atoms with van der Waals surface area (Å²) in [5, 5.41) is 9.42. The van der Waals surface area contributed by atoms with Crippen molar-refractivity contribution in [2.45, 2.75) is 0 Å². The van der Waals surface area contributed by atoms with Gasteiger partial charge in [0, 0.05) is 0 Å². The van der Waals surface area contributed by atoms with Crippen LogP contribution >= 0.6 is 0 Å². The van der Waals surface area contributed by atoms with E-state index in [1.165, 1.54) is 0 Å². The van der Waals surface area contributed by atoms with Gasteiger partial charge in [-0.15, -0.1) is 6.42 Å². The molecule has 0 aromatic carbocycles. The molecule has 0 unspecified atom stereocenters. The Labute approximate surface area is 37.0 Å². The highest BCUT2D eigenvalue weighted by molar-refractivity contribution is 5.21. The SMILES string of the molecule is C#CC#CC[O]. The largest absolute Gasteiger partial charge is 0.223 e. The van der Waals surface area contributed by atoms with Crippen molar-refractivity contribution >= 4 is 0 Å². The van der Waals surface area contributed by atoms with E-state index in [4.69, 9.17) is 0 Å². The molecule has 1 nitrogen and oxygen atoms in total. The number of hydrogen-bond donors (Lipinski definition) is 0. The maximum absolute atomic E-state index is 9.42. The predicted molar refractivity (Wildman–Crippen MR) is 22.2 cm³/mol. The van der Waals surface area contributed by atoms with Gasteiger partial charge in [0.15, 0.2) is 0 Å². The molecule has 0 rings (SSSR count). The normalized spacial score (nSPS) is 4.67. The van der Waals surface area contributed by atoms with Gasteiger partial charge in [-0.3, -0.25) is 0 Å². The van der Waals surface area contributed by atoms with E-state index in [1.54, 1.807) is 0 Å². The van der Waals surface area contributed by atoms with Gasteiger partial charge in [-0.05, 0) is 11.8 Å². The number of hydrogen-bond acceptors (Lipinski definition) is 0. The van der Waals surface area contributed by atoms with E-state index in [0.717, 1.165) is 0 Å². The standard InChI is InChI=1S/C5H3O/c1-2-3-4-5-6/h1H,5H2. The summed E-state index contributed by atoms with van der Waals surface area (Å²) in [6.45, 7) is -0.399. The Morgan fingerprint density at radius 1 is 1.67 bits per heavy atom. The van der Waals surface area contributed by atoms with Crippen LogP contribution in [0.4, 0.5) is 0 Å². The predicted octanol–water partition coefficient (Wildman–Crippen LogP) is 0.0535. The van der Waals surface area contributed by atoms with Gasteiger partial charge in [-0.25, -0.2) is 5.11 Å². The van der Waals surface area contributed by atoms with Crippen LogP contribution in [0, 0.1) is 24.2 Å². The molecule has 0 heterocycles. The van der Waals surface area contributed by atoms with Crippen molar-refractivity contribution in [3.05, 3.63) is 0 Å². The first kappa shape index (κ1) is 5.08. The third kappa shape index (κ3) is 3.08. The Morgan fingerprint density at radius 3 is 2.50 bits per heavy atom. The average Bonchev–Trinajstić information content (AvgIpc) is 1.61. The van der Waals surface area contributed by atoms with Crippen molar-refractivity contribution in [2.75, 3.05) is 6.61 Å². The zero-order valence-electron chi connectivity index (χ0n) is 3.19. The lowest BCUT2D eigenvalue weighted by molar-refractivity contribution is 0.239. The van der Waals surface area contributed by atoms with Crippen molar-refractivity contribution in [3.63, 3.8) is 0 Å². The van der Waals surface area contributed by atoms with Crippen LogP contribution in [0.25, 0.3) is 0 Å². The zero-order chi connectivity index (χ0) is 4.83. The second-order valence-corrected chi connectivity index (χ2v) is 0.590. The minimum absolute atomic E-state index is 0.399. The maximum atomic E-state index is 9.42. The minimum Gasteiger partial charge on any atom is -0.223 e. The molecule has 0 fully saturated rings. The molecule has 0 amide bonds. The van der Waals surface area contributed by atoms with E-state index in [1.807, 2.05) is 5.92 Å². The highest BCUT2D eigenvalue weighted by Gasteiger charge is 1.55. The first-order valence-corrected chi connectivity index (χ1v) is 1.43. The Hall–Kier alpha value is -0.920. The van der Waals surface area contributed by atoms with Crippen molar-refractivity contribution in [1.82, 2.24) is 0 Å². The second-order valence-electron chi connectivity index (χ2n) is 0.590. The Morgan fingerprint density at radius 2 is 2.33 bits per heavy atom. The highest BCUT2D eigenvalue weighted by atomic mass is 16.2. The van der Waals surface area contributed by atoms with E-state index < -0.39 is 6.61 Å². The zero-order valence-corrected chi connectivity index (χ0v) is 3.19. The van der Waals surface area contributed by atoms with Crippen molar-refractivity contribution < 1.29 is 5.11 Å². The third-order valence-electron chi connectivity index (χ3n) is 0.233. The Bertz CT molecular complexity index is 108. The highest BCUT2D eigenvalue weighted by Crippen LogP contribution is 1.47. The molecule has 0 spiro atoms. The summed E-state index contributed by atoms with van der Waals surface area (Å²) in [6, 6.07) is 0. The fraction of sp³-hybridized carbons (Fsp3) is 0.200. The summed E-state index contributed by atoms with van der Waals surface area (Å²) >= 11 is 0. The first-order chi connectivity index (χ1) is 2.91. The van der Waals surface area contributed by atoms with Crippen LogP contribution in [0.2, 0.25) is 0 Å². The molecule has 0 aliphatic heterocycles. The van der Waals surface area contributed by atoms with Crippen LogP contribution in [0.5, 0.6) is 0 Å². The molecule has 0 aliphatic carbocycles. The average molecular weight is 79.1 g/mol. The molecule has 0 aromatic heterocycles. The summed E-state index contributed by atoms with van der Waals surface area (Å²) in [5.41, 5.74) is 0. The summed E-state index contributed by atoms with van der Waals surface area (Å²) in [4.78, 5) is 0. The number of terminal acetylenes is 1. The lowest BCUT2D eigenvalue weighted by Gasteiger charge is -1.55. The lowest BCUT2D eigenvalue weighted by atomic mass is 10.6. The topological polar surface area (TPSA) is 19.9 Å².